The van der Waals surface area contributed by atoms with Gasteiger partial charge in [-0.1, -0.05) is 6.07 Å². The average Bonchev–Trinajstić information content (AvgIpc) is 2.61. The van der Waals surface area contributed by atoms with E-state index >= 15 is 0 Å². The molecule has 4 nitrogen and oxygen atoms in total. The SMILES string of the molecule is c1cc2c(cc1CCNCC1CNC1)OCCCO2. The van der Waals surface area contributed by atoms with Gasteiger partial charge in [0.15, 0.2) is 11.5 Å². The molecule has 0 amide bonds. The standard InChI is InChI=1S/C15H22N2O2/c1-6-18-14-3-2-12(8-15(14)19-7-1)4-5-16-9-13-10-17-11-13/h2-3,8,13,16-17H,1,4-7,9-11H2. The van der Waals surface area contributed by atoms with Crippen molar-refractivity contribution in [3.8, 4) is 11.5 Å². The summed E-state index contributed by atoms with van der Waals surface area (Å²) in [5, 5.41) is 6.81. The summed E-state index contributed by atoms with van der Waals surface area (Å²) < 4.78 is 11.3. The third kappa shape index (κ3) is 3.39. The fourth-order valence-corrected chi connectivity index (χ4v) is 2.39. The van der Waals surface area contributed by atoms with Crippen LogP contribution in [0.15, 0.2) is 18.2 Å². The minimum absolute atomic E-state index is 0.753. The van der Waals surface area contributed by atoms with E-state index < -0.39 is 0 Å². The Morgan fingerprint density at radius 3 is 2.79 bits per heavy atom. The highest BCUT2D eigenvalue weighted by Crippen LogP contribution is 2.30. The van der Waals surface area contributed by atoms with Crippen molar-refractivity contribution in [2.75, 3.05) is 39.4 Å². The number of rotatable bonds is 5. The van der Waals surface area contributed by atoms with Gasteiger partial charge in [-0.05, 0) is 36.6 Å². The van der Waals surface area contributed by atoms with Gasteiger partial charge in [0.2, 0.25) is 0 Å². The molecule has 4 heteroatoms. The molecule has 3 rings (SSSR count). The lowest BCUT2D eigenvalue weighted by atomic mass is 10.0. The molecule has 0 unspecified atom stereocenters. The molecule has 0 atom stereocenters. The number of nitrogens with one attached hydrogen (secondary N) is 2. The van der Waals surface area contributed by atoms with E-state index in [9.17, 15) is 0 Å². The Morgan fingerprint density at radius 1 is 1.16 bits per heavy atom. The van der Waals surface area contributed by atoms with Crippen LogP contribution in [-0.4, -0.2) is 39.4 Å². The first-order valence-corrected chi connectivity index (χ1v) is 7.22. The average molecular weight is 262 g/mol. The second-order valence-electron chi connectivity index (χ2n) is 5.31. The van der Waals surface area contributed by atoms with E-state index in [0.29, 0.717) is 0 Å². The molecular formula is C15H22N2O2. The van der Waals surface area contributed by atoms with Crippen molar-refractivity contribution in [1.82, 2.24) is 10.6 Å². The minimum Gasteiger partial charge on any atom is -0.490 e. The van der Waals surface area contributed by atoms with E-state index in [1.165, 1.54) is 5.56 Å². The van der Waals surface area contributed by atoms with Gasteiger partial charge in [-0.15, -0.1) is 0 Å². The zero-order chi connectivity index (χ0) is 12.9. The Hall–Kier alpha value is -1.26. The van der Waals surface area contributed by atoms with Crippen LogP contribution in [0, 0.1) is 5.92 Å². The summed E-state index contributed by atoms with van der Waals surface area (Å²) in [5.41, 5.74) is 1.31. The van der Waals surface area contributed by atoms with Gasteiger partial charge in [0.05, 0.1) is 13.2 Å². The van der Waals surface area contributed by atoms with Gasteiger partial charge in [-0.25, -0.2) is 0 Å². The fraction of sp³-hybridized carbons (Fsp3) is 0.600. The maximum atomic E-state index is 5.71. The monoisotopic (exact) mass is 262 g/mol. The Balaban J connectivity index is 1.48. The Labute approximate surface area is 114 Å². The van der Waals surface area contributed by atoms with Gasteiger partial charge in [0.1, 0.15) is 0 Å². The van der Waals surface area contributed by atoms with Crippen molar-refractivity contribution in [1.29, 1.82) is 0 Å². The van der Waals surface area contributed by atoms with Crippen LogP contribution in [0.25, 0.3) is 0 Å². The van der Waals surface area contributed by atoms with Crippen LogP contribution in [0.4, 0.5) is 0 Å². The predicted molar refractivity (Wildman–Crippen MR) is 75.0 cm³/mol. The Bertz CT molecular complexity index is 419. The molecule has 1 saturated heterocycles. The summed E-state index contributed by atoms with van der Waals surface area (Å²) in [7, 11) is 0. The summed E-state index contributed by atoms with van der Waals surface area (Å²) >= 11 is 0. The molecule has 0 bridgehead atoms. The quantitative estimate of drug-likeness (QED) is 0.783. The molecule has 1 aromatic rings. The number of hydrogen-bond donors (Lipinski definition) is 2. The van der Waals surface area contributed by atoms with Crippen LogP contribution in [0.3, 0.4) is 0 Å². The third-order valence-corrected chi connectivity index (χ3v) is 3.70. The summed E-state index contributed by atoms with van der Waals surface area (Å²) in [6.07, 6.45) is 2.00. The van der Waals surface area contributed by atoms with Gasteiger partial charge in [-0.2, -0.15) is 0 Å². The van der Waals surface area contributed by atoms with Gasteiger partial charge >= 0.3 is 0 Å². The lowest BCUT2D eigenvalue weighted by Crippen LogP contribution is -2.47. The van der Waals surface area contributed by atoms with E-state index in [1.807, 2.05) is 6.07 Å². The Kier molecular flexibility index (Phi) is 4.20. The molecule has 2 aliphatic rings. The highest BCUT2D eigenvalue weighted by Gasteiger charge is 2.15. The maximum Gasteiger partial charge on any atom is 0.161 e. The lowest BCUT2D eigenvalue weighted by molar-refractivity contribution is 0.297. The molecule has 104 valence electrons. The van der Waals surface area contributed by atoms with Gasteiger partial charge in [0.25, 0.3) is 0 Å². The molecule has 19 heavy (non-hydrogen) atoms. The molecule has 0 spiro atoms. The van der Waals surface area contributed by atoms with Crippen LogP contribution in [0.1, 0.15) is 12.0 Å². The number of ether oxygens (including phenoxy) is 2. The van der Waals surface area contributed by atoms with Gasteiger partial charge < -0.3 is 20.1 Å². The molecule has 0 aliphatic carbocycles. The molecule has 1 fully saturated rings. The summed E-state index contributed by atoms with van der Waals surface area (Å²) in [6.45, 7) is 5.98. The minimum atomic E-state index is 0.753. The van der Waals surface area contributed by atoms with E-state index in [1.54, 1.807) is 0 Å². The molecule has 2 heterocycles. The maximum absolute atomic E-state index is 5.71. The van der Waals surface area contributed by atoms with Gasteiger partial charge in [-0.3, -0.25) is 0 Å². The van der Waals surface area contributed by atoms with E-state index in [0.717, 1.165) is 69.7 Å². The first-order valence-electron chi connectivity index (χ1n) is 7.22. The van der Waals surface area contributed by atoms with Crippen LogP contribution in [0.2, 0.25) is 0 Å². The van der Waals surface area contributed by atoms with E-state index in [-0.39, 0.29) is 0 Å². The van der Waals surface area contributed by atoms with E-state index in [4.69, 9.17) is 9.47 Å². The molecule has 2 aliphatic heterocycles. The highest BCUT2D eigenvalue weighted by atomic mass is 16.5. The van der Waals surface area contributed by atoms with Gasteiger partial charge in [0, 0.05) is 26.1 Å². The number of hydrogen-bond acceptors (Lipinski definition) is 4. The van der Waals surface area contributed by atoms with Crippen molar-refractivity contribution in [3.63, 3.8) is 0 Å². The second-order valence-corrected chi connectivity index (χ2v) is 5.31. The predicted octanol–water partition coefficient (Wildman–Crippen LogP) is 1.20. The first kappa shape index (κ1) is 12.8. The summed E-state index contributed by atoms with van der Waals surface area (Å²) in [6, 6.07) is 6.29. The highest BCUT2D eigenvalue weighted by molar-refractivity contribution is 5.43. The van der Waals surface area contributed by atoms with Crippen molar-refractivity contribution < 1.29 is 9.47 Å². The molecule has 2 N–H and O–H groups in total. The smallest absolute Gasteiger partial charge is 0.161 e. The van der Waals surface area contributed by atoms with Crippen LogP contribution in [-0.2, 0) is 6.42 Å². The first-order chi connectivity index (χ1) is 9.42. The van der Waals surface area contributed by atoms with Crippen LogP contribution < -0.4 is 20.1 Å². The zero-order valence-electron chi connectivity index (χ0n) is 11.3. The summed E-state index contributed by atoms with van der Waals surface area (Å²) in [5.74, 6) is 2.61. The van der Waals surface area contributed by atoms with Crippen LogP contribution >= 0.6 is 0 Å². The van der Waals surface area contributed by atoms with Crippen molar-refractivity contribution >= 4 is 0 Å². The Morgan fingerprint density at radius 2 is 2.00 bits per heavy atom. The van der Waals surface area contributed by atoms with Crippen molar-refractivity contribution in [2.24, 2.45) is 5.92 Å². The molecule has 0 radical (unpaired) electrons. The lowest BCUT2D eigenvalue weighted by Gasteiger charge is -2.27. The summed E-state index contributed by atoms with van der Waals surface area (Å²) in [4.78, 5) is 0. The third-order valence-electron chi connectivity index (χ3n) is 3.70. The fourth-order valence-electron chi connectivity index (χ4n) is 2.39. The van der Waals surface area contributed by atoms with Crippen molar-refractivity contribution in [2.45, 2.75) is 12.8 Å². The second kappa shape index (κ2) is 6.26. The largest absolute Gasteiger partial charge is 0.490 e. The van der Waals surface area contributed by atoms with E-state index in [2.05, 4.69) is 22.8 Å². The molecular weight excluding hydrogens is 240 g/mol. The molecule has 1 aromatic carbocycles. The zero-order valence-corrected chi connectivity index (χ0v) is 11.3. The number of fused-ring (bicyclic) bond motifs is 1. The van der Waals surface area contributed by atoms with Crippen LogP contribution in [0.5, 0.6) is 11.5 Å². The number of benzene rings is 1. The molecule has 0 saturated carbocycles. The molecule has 0 aromatic heterocycles. The topological polar surface area (TPSA) is 42.5 Å². The van der Waals surface area contributed by atoms with Crippen molar-refractivity contribution in [3.05, 3.63) is 23.8 Å². The normalized spacial score (nSPS) is 18.7.